The monoisotopic (exact) mass is 409 g/mol. The maximum Gasteiger partial charge on any atom is 0.245 e. The van der Waals surface area contributed by atoms with Crippen molar-refractivity contribution in [3.8, 4) is 0 Å². The van der Waals surface area contributed by atoms with Crippen LogP contribution in [0, 0.1) is 5.41 Å². The smallest absolute Gasteiger partial charge is 0.245 e. The van der Waals surface area contributed by atoms with Gasteiger partial charge in [-0.05, 0) is 56.1 Å². The fraction of sp³-hybridized carbons (Fsp3) is 0.571. The molecule has 30 heavy (non-hydrogen) atoms. The van der Waals surface area contributed by atoms with E-state index in [4.69, 9.17) is 4.98 Å². The molecule has 158 valence electrons. The molecular weight excluding hydrogens is 382 g/mol. The molecule has 9 nitrogen and oxygen atoms in total. The lowest BCUT2D eigenvalue weighted by Gasteiger charge is -2.56. The lowest BCUT2D eigenvalue weighted by atomic mass is 9.53. The topological polar surface area (TPSA) is 104 Å². The van der Waals surface area contributed by atoms with Gasteiger partial charge in [0, 0.05) is 25.0 Å². The van der Waals surface area contributed by atoms with E-state index in [-0.39, 0.29) is 18.8 Å². The summed E-state index contributed by atoms with van der Waals surface area (Å²) in [6.45, 7) is 0.963. The number of rotatable bonds is 5. The number of nitrogens with one attached hydrogen (secondary N) is 1. The predicted octanol–water partition coefficient (Wildman–Crippen LogP) is 2.11. The summed E-state index contributed by atoms with van der Waals surface area (Å²) in [5, 5.41) is 27.3. The van der Waals surface area contributed by atoms with Crippen LogP contribution >= 0.6 is 0 Å². The molecule has 4 heterocycles. The number of hydrogen-bond donors (Lipinski definition) is 3. The van der Waals surface area contributed by atoms with Gasteiger partial charge in [0.2, 0.25) is 5.95 Å². The molecule has 3 N–H and O–H groups in total. The summed E-state index contributed by atoms with van der Waals surface area (Å²) < 4.78 is 4.00. The first-order chi connectivity index (χ1) is 14.6. The van der Waals surface area contributed by atoms with Crippen LogP contribution in [0.2, 0.25) is 0 Å². The SMILES string of the molecule is OC[C@@H]1CCCN1c1nc(Nc2cn(C3CC4(CC(O)C4)C3)cn2)c2cccn2n1. The van der Waals surface area contributed by atoms with E-state index in [0.29, 0.717) is 23.2 Å². The Morgan fingerprint density at radius 2 is 2.10 bits per heavy atom. The van der Waals surface area contributed by atoms with Crippen LogP contribution in [-0.4, -0.2) is 59.7 Å². The molecule has 1 spiro atoms. The molecular formula is C21H27N7O2. The minimum absolute atomic E-state index is 0.0704. The molecule has 0 unspecified atom stereocenters. The molecule has 0 aromatic carbocycles. The fourth-order valence-corrected chi connectivity index (χ4v) is 5.57. The number of aliphatic hydroxyl groups is 2. The Morgan fingerprint density at radius 1 is 1.23 bits per heavy atom. The quantitative estimate of drug-likeness (QED) is 0.593. The van der Waals surface area contributed by atoms with Crippen LogP contribution < -0.4 is 10.2 Å². The van der Waals surface area contributed by atoms with Gasteiger partial charge in [0.05, 0.1) is 25.1 Å². The molecule has 2 aliphatic carbocycles. The Hall–Kier alpha value is -2.65. The maximum atomic E-state index is 9.69. The zero-order chi connectivity index (χ0) is 20.3. The first-order valence-electron chi connectivity index (χ1n) is 10.8. The molecule has 3 aromatic heterocycles. The van der Waals surface area contributed by atoms with Gasteiger partial charge in [-0.15, -0.1) is 5.10 Å². The van der Waals surface area contributed by atoms with Crippen molar-refractivity contribution in [3.63, 3.8) is 0 Å². The van der Waals surface area contributed by atoms with Gasteiger partial charge in [-0.1, -0.05) is 0 Å². The lowest BCUT2D eigenvalue weighted by Crippen LogP contribution is -2.50. The van der Waals surface area contributed by atoms with Crippen LogP contribution in [0.15, 0.2) is 30.9 Å². The number of aromatic nitrogens is 5. The highest BCUT2D eigenvalue weighted by Crippen LogP contribution is 2.60. The van der Waals surface area contributed by atoms with Crippen LogP contribution in [0.3, 0.4) is 0 Å². The second-order valence-electron chi connectivity index (χ2n) is 9.23. The van der Waals surface area contributed by atoms with Gasteiger partial charge in [0.15, 0.2) is 5.82 Å². The largest absolute Gasteiger partial charge is 0.394 e. The normalized spacial score (nSPS) is 30.6. The van der Waals surface area contributed by atoms with Gasteiger partial charge in [0.1, 0.15) is 11.3 Å². The molecule has 2 saturated carbocycles. The Bertz CT molecular complexity index is 1060. The molecule has 3 aromatic rings. The van der Waals surface area contributed by atoms with Crippen LogP contribution in [-0.2, 0) is 0 Å². The highest BCUT2D eigenvalue weighted by atomic mass is 16.3. The molecule has 6 rings (SSSR count). The van der Waals surface area contributed by atoms with Crippen molar-refractivity contribution >= 4 is 23.1 Å². The Kier molecular flexibility index (Phi) is 4.04. The van der Waals surface area contributed by atoms with Crippen LogP contribution in [0.4, 0.5) is 17.6 Å². The predicted molar refractivity (Wildman–Crippen MR) is 112 cm³/mol. The Labute approximate surface area is 174 Å². The van der Waals surface area contributed by atoms with Crippen molar-refractivity contribution in [3.05, 3.63) is 30.9 Å². The van der Waals surface area contributed by atoms with E-state index in [1.165, 1.54) is 0 Å². The Balaban J connectivity index is 1.23. The summed E-state index contributed by atoms with van der Waals surface area (Å²) in [6.07, 6.45) is 11.9. The second kappa shape index (κ2) is 6.68. The van der Waals surface area contributed by atoms with Gasteiger partial charge >= 0.3 is 0 Å². The standard InChI is InChI=1S/C21H27N7O2/c29-12-14-3-1-5-27(14)20-24-19(17-4-2-6-28(17)25-20)23-18-11-26(13-22-18)15-7-21(8-15)9-16(30)10-21/h2,4,6,11,13-16,29-30H,1,3,5,7-10,12H2,(H,23,24,25)/t14-,15?,16?,21?/m0/s1. The molecule has 1 atom stereocenters. The summed E-state index contributed by atoms with van der Waals surface area (Å²) in [4.78, 5) is 11.4. The summed E-state index contributed by atoms with van der Waals surface area (Å²) in [7, 11) is 0. The summed E-state index contributed by atoms with van der Waals surface area (Å²) in [5.41, 5.74) is 1.26. The minimum Gasteiger partial charge on any atom is -0.394 e. The molecule has 3 fully saturated rings. The average molecular weight is 409 g/mol. The third kappa shape index (κ3) is 2.87. The lowest BCUT2D eigenvalue weighted by molar-refractivity contribution is -0.106. The van der Waals surface area contributed by atoms with Crippen LogP contribution in [0.5, 0.6) is 0 Å². The van der Waals surface area contributed by atoms with Crippen molar-refractivity contribution in [1.82, 2.24) is 24.1 Å². The number of anilines is 3. The fourth-order valence-electron chi connectivity index (χ4n) is 5.57. The van der Waals surface area contributed by atoms with E-state index in [0.717, 1.165) is 56.4 Å². The molecule has 1 saturated heterocycles. The number of hydrogen-bond acceptors (Lipinski definition) is 7. The summed E-state index contributed by atoms with van der Waals surface area (Å²) in [6, 6.07) is 4.46. The third-order valence-corrected chi connectivity index (χ3v) is 7.17. The summed E-state index contributed by atoms with van der Waals surface area (Å²) in [5.74, 6) is 2.10. The number of nitrogens with zero attached hydrogens (tertiary/aromatic N) is 6. The highest BCUT2D eigenvalue weighted by molar-refractivity contribution is 5.73. The molecule has 0 radical (unpaired) electrons. The average Bonchev–Trinajstić information content (AvgIpc) is 3.42. The zero-order valence-electron chi connectivity index (χ0n) is 16.9. The summed E-state index contributed by atoms with van der Waals surface area (Å²) >= 11 is 0. The molecule has 1 aliphatic heterocycles. The van der Waals surface area contributed by atoms with E-state index in [1.54, 1.807) is 0 Å². The maximum absolute atomic E-state index is 9.69. The van der Waals surface area contributed by atoms with Gasteiger partial charge in [-0.25, -0.2) is 9.50 Å². The number of imidazole rings is 1. The third-order valence-electron chi connectivity index (χ3n) is 7.17. The van der Waals surface area contributed by atoms with Crippen molar-refractivity contribution in [2.24, 2.45) is 5.41 Å². The van der Waals surface area contributed by atoms with Gasteiger partial charge < -0.3 is 25.0 Å². The van der Waals surface area contributed by atoms with E-state index in [1.807, 2.05) is 35.4 Å². The van der Waals surface area contributed by atoms with E-state index >= 15 is 0 Å². The highest BCUT2D eigenvalue weighted by Gasteiger charge is 2.52. The Morgan fingerprint density at radius 3 is 2.90 bits per heavy atom. The molecule has 0 amide bonds. The first-order valence-corrected chi connectivity index (χ1v) is 10.8. The van der Waals surface area contributed by atoms with Crippen LogP contribution in [0.1, 0.15) is 44.6 Å². The van der Waals surface area contributed by atoms with Crippen molar-refractivity contribution in [1.29, 1.82) is 0 Å². The molecule has 9 heteroatoms. The first kappa shape index (κ1) is 18.1. The van der Waals surface area contributed by atoms with Crippen LogP contribution in [0.25, 0.3) is 5.52 Å². The second-order valence-corrected chi connectivity index (χ2v) is 9.23. The van der Waals surface area contributed by atoms with Gasteiger partial charge in [-0.2, -0.15) is 4.98 Å². The van der Waals surface area contributed by atoms with Gasteiger partial charge in [-0.3, -0.25) is 0 Å². The minimum atomic E-state index is -0.0941. The van der Waals surface area contributed by atoms with E-state index in [9.17, 15) is 10.2 Å². The van der Waals surface area contributed by atoms with Crippen molar-refractivity contribution in [2.75, 3.05) is 23.4 Å². The number of aliphatic hydroxyl groups excluding tert-OH is 2. The number of fused-ring (bicyclic) bond motifs is 1. The van der Waals surface area contributed by atoms with Crippen molar-refractivity contribution in [2.45, 2.75) is 56.7 Å². The van der Waals surface area contributed by atoms with Gasteiger partial charge in [0.25, 0.3) is 0 Å². The van der Waals surface area contributed by atoms with E-state index in [2.05, 4.69) is 24.9 Å². The zero-order valence-corrected chi connectivity index (χ0v) is 16.9. The molecule has 3 aliphatic rings. The van der Waals surface area contributed by atoms with E-state index < -0.39 is 0 Å². The van der Waals surface area contributed by atoms with Crippen molar-refractivity contribution < 1.29 is 10.2 Å². The molecule has 0 bridgehead atoms.